The molecule has 0 saturated carbocycles. The predicted molar refractivity (Wildman–Crippen MR) is 109 cm³/mol. The molecule has 2 aromatic carbocycles. The number of carbonyl (C=O) groups excluding carboxylic acids is 1. The molecule has 134 valence electrons. The van der Waals surface area contributed by atoms with E-state index < -0.39 is 0 Å². The van der Waals surface area contributed by atoms with Crippen LogP contribution in [0.4, 0.5) is 0 Å². The molecular formula is C22H29LiO2P+. The quantitative estimate of drug-likeness (QED) is 0.389. The summed E-state index contributed by atoms with van der Waals surface area (Å²) in [5.41, 5.74) is 4.33. The van der Waals surface area contributed by atoms with Gasteiger partial charge in [-0.2, -0.15) is 0 Å². The number of ether oxygens (including phenoxy) is 1. The topological polar surface area (TPSA) is 26.3 Å². The van der Waals surface area contributed by atoms with Crippen LogP contribution in [0.2, 0.25) is 0 Å². The van der Waals surface area contributed by atoms with Crippen LogP contribution in [0.15, 0.2) is 36.4 Å². The van der Waals surface area contributed by atoms with E-state index in [0.717, 1.165) is 46.3 Å². The van der Waals surface area contributed by atoms with Crippen molar-refractivity contribution in [3.05, 3.63) is 58.7 Å². The number of carbonyl (C=O) groups is 1. The third kappa shape index (κ3) is 6.59. The van der Waals surface area contributed by atoms with Crippen LogP contribution in [-0.2, 0) is 0 Å². The summed E-state index contributed by atoms with van der Waals surface area (Å²) in [7, 11) is 0.151. The Morgan fingerprint density at radius 3 is 2.27 bits per heavy atom. The van der Waals surface area contributed by atoms with E-state index >= 15 is 0 Å². The van der Waals surface area contributed by atoms with Crippen molar-refractivity contribution < 1.29 is 28.4 Å². The van der Waals surface area contributed by atoms with Crippen LogP contribution in [0.5, 0.6) is 5.75 Å². The molecule has 2 aromatic rings. The first-order valence-electron chi connectivity index (χ1n) is 9.14. The molecule has 0 fully saturated rings. The van der Waals surface area contributed by atoms with E-state index in [-0.39, 0.29) is 33.0 Å². The van der Waals surface area contributed by atoms with E-state index in [1.807, 2.05) is 44.2 Å². The van der Waals surface area contributed by atoms with Crippen molar-refractivity contribution in [1.82, 2.24) is 0 Å². The fraction of sp³-hybridized carbons (Fsp3) is 0.409. The number of unbranched alkanes of at least 4 members (excludes halogenated alkanes) is 3. The number of rotatable bonds is 9. The second-order valence-electron chi connectivity index (χ2n) is 6.61. The Hall–Kier alpha value is -1.06. The van der Waals surface area contributed by atoms with Crippen LogP contribution in [0.3, 0.4) is 0 Å². The van der Waals surface area contributed by atoms with Crippen LogP contribution in [-0.4, -0.2) is 12.1 Å². The van der Waals surface area contributed by atoms with Crippen molar-refractivity contribution in [2.45, 2.75) is 53.4 Å². The largest absolute Gasteiger partial charge is 1.00 e. The van der Waals surface area contributed by atoms with Crippen molar-refractivity contribution in [2.75, 3.05) is 6.61 Å². The zero-order chi connectivity index (χ0) is 18.2. The minimum atomic E-state index is 0. The van der Waals surface area contributed by atoms with E-state index in [1.165, 1.54) is 19.3 Å². The van der Waals surface area contributed by atoms with Gasteiger partial charge < -0.3 is 4.74 Å². The molecule has 26 heavy (non-hydrogen) atoms. The third-order valence-electron chi connectivity index (χ3n) is 4.42. The summed E-state index contributed by atoms with van der Waals surface area (Å²) in [4.78, 5) is 12.7. The van der Waals surface area contributed by atoms with Gasteiger partial charge in [-0.3, -0.25) is 4.79 Å². The van der Waals surface area contributed by atoms with Crippen molar-refractivity contribution >= 4 is 19.4 Å². The molecule has 2 rings (SSSR count). The fourth-order valence-electron chi connectivity index (χ4n) is 2.94. The van der Waals surface area contributed by atoms with Crippen LogP contribution in [0, 0.1) is 20.8 Å². The molecule has 0 aliphatic heterocycles. The molecule has 0 heterocycles. The molecule has 0 bridgehead atoms. The number of aryl methyl sites for hydroxylation is 3. The van der Waals surface area contributed by atoms with E-state index in [2.05, 4.69) is 19.9 Å². The Kier molecular flexibility index (Phi) is 10.3. The molecule has 0 N–H and O–H groups in total. The number of hydrogen-bond acceptors (Lipinski definition) is 2. The Balaban J connectivity index is 0.00000338. The van der Waals surface area contributed by atoms with Gasteiger partial charge in [0, 0.05) is 5.56 Å². The van der Waals surface area contributed by atoms with E-state index in [0.29, 0.717) is 0 Å². The standard InChI is InChI=1S/C22H29O2P.Li/c1-5-6-7-8-14-24-19-12-13-20(18(4)15-19)25-22(23)21-16(2)10-9-11-17(21)3;/h9-13,15,25H,5-8,14H2,1-4H3;/q;+1. The second kappa shape index (κ2) is 11.6. The molecule has 0 radical (unpaired) electrons. The average molecular weight is 363 g/mol. The predicted octanol–water partition coefficient (Wildman–Crippen LogP) is 2.72. The first-order valence-corrected chi connectivity index (χ1v) is 10.1. The number of hydrogen-bond donors (Lipinski definition) is 0. The monoisotopic (exact) mass is 363 g/mol. The molecule has 0 amide bonds. The van der Waals surface area contributed by atoms with Crippen LogP contribution in [0.1, 0.15) is 59.7 Å². The normalized spacial score (nSPS) is 10.8. The molecule has 0 spiro atoms. The minimum absolute atomic E-state index is 0. The molecule has 0 aliphatic rings. The molecule has 1 unspecified atom stereocenters. The van der Waals surface area contributed by atoms with Crippen molar-refractivity contribution in [3.8, 4) is 5.75 Å². The Bertz CT molecular complexity index is 708. The summed E-state index contributed by atoms with van der Waals surface area (Å²) < 4.78 is 5.83. The van der Waals surface area contributed by atoms with E-state index in [1.54, 1.807) is 0 Å². The zero-order valence-electron chi connectivity index (χ0n) is 16.8. The van der Waals surface area contributed by atoms with Gasteiger partial charge >= 0.3 is 18.9 Å². The summed E-state index contributed by atoms with van der Waals surface area (Å²) >= 11 is 0. The summed E-state index contributed by atoms with van der Waals surface area (Å²) in [6.45, 7) is 9.05. The molecule has 1 atom stereocenters. The Morgan fingerprint density at radius 1 is 0.962 bits per heavy atom. The van der Waals surface area contributed by atoms with Crippen molar-refractivity contribution in [3.63, 3.8) is 0 Å². The van der Waals surface area contributed by atoms with Gasteiger partial charge in [-0.1, -0.05) is 50.5 Å². The van der Waals surface area contributed by atoms with Gasteiger partial charge in [0.05, 0.1) is 6.61 Å². The maximum absolute atomic E-state index is 12.7. The maximum atomic E-state index is 12.7. The second-order valence-corrected chi connectivity index (χ2v) is 7.85. The van der Waals surface area contributed by atoms with Gasteiger partial charge in [-0.15, -0.1) is 0 Å². The van der Waals surface area contributed by atoms with Crippen molar-refractivity contribution in [1.29, 1.82) is 0 Å². The SMILES string of the molecule is CCCCCCOc1ccc(PC(=O)c2c(C)cccc2C)c(C)c1.[Li+]. The van der Waals surface area contributed by atoms with Gasteiger partial charge in [0.2, 0.25) is 0 Å². The summed E-state index contributed by atoms with van der Waals surface area (Å²) in [6.07, 6.45) is 4.83. The third-order valence-corrected chi connectivity index (χ3v) is 5.73. The summed E-state index contributed by atoms with van der Waals surface area (Å²) in [5, 5.41) is 1.10. The summed E-state index contributed by atoms with van der Waals surface area (Å²) in [6, 6.07) is 12.1. The van der Waals surface area contributed by atoms with Crippen LogP contribution < -0.4 is 28.9 Å². The smallest absolute Gasteiger partial charge is 0.494 e. The first kappa shape index (κ1) is 23.0. The van der Waals surface area contributed by atoms with Gasteiger partial charge in [-0.25, -0.2) is 0 Å². The summed E-state index contributed by atoms with van der Waals surface area (Å²) in [5.74, 6) is 0.905. The molecule has 4 heteroatoms. The van der Waals surface area contributed by atoms with Gasteiger partial charge in [0.15, 0.2) is 5.52 Å². The minimum Gasteiger partial charge on any atom is -0.494 e. The molecular weight excluding hydrogens is 334 g/mol. The van der Waals surface area contributed by atoms with Crippen molar-refractivity contribution in [2.24, 2.45) is 0 Å². The average Bonchev–Trinajstić information content (AvgIpc) is 2.57. The Morgan fingerprint density at radius 2 is 1.65 bits per heavy atom. The van der Waals surface area contributed by atoms with Crippen LogP contribution in [0.25, 0.3) is 0 Å². The maximum Gasteiger partial charge on any atom is 1.00 e. The fourth-order valence-corrected chi connectivity index (χ4v) is 4.14. The molecule has 0 aromatic heterocycles. The van der Waals surface area contributed by atoms with Gasteiger partial charge in [-0.05, 0) is 69.9 Å². The van der Waals surface area contributed by atoms with Gasteiger partial charge in [0.25, 0.3) is 0 Å². The Labute approximate surface area is 172 Å². The van der Waals surface area contributed by atoms with E-state index in [4.69, 9.17) is 4.74 Å². The zero-order valence-corrected chi connectivity index (χ0v) is 17.8. The van der Waals surface area contributed by atoms with E-state index in [9.17, 15) is 4.79 Å². The number of benzene rings is 2. The van der Waals surface area contributed by atoms with Gasteiger partial charge in [0.1, 0.15) is 5.75 Å². The first-order chi connectivity index (χ1) is 12.0. The van der Waals surface area contributed by atoms with Crippen LogP contribution >= 0.6 is 8.58 Å². The molecule has 2 nitrogen and oxygen atoms in total. The molecule has 0 saturated heterocycles. The molecule has 0 aliphatic carbocycles.